The van der Waals surface area contributed by atoms with Gasteiger partial charge in [0.25, 0.3) is 0 Å². The maximum Gasteiger partial charge on any atom is 0.417 e. The Morgan fingerprint density at radius 3 is 2.04 bits per heavy atom. The molecule has 2 nitrogen and oxygen atoms in total. The Labute approximate surface area is 144 Å². The van der Waals surface area contributed by atoms with E-state index in [2.05, 4.69) is 10.9 Å². The summed E-state index contributed by atoms with van der Waals surface area (Å²) in [7, 11) is 0. The van der Waals surface area contributed by atoms with E-state index in [1.165, 1.54) is 12.1 Å². The van der Waals surface area contributed by atoms with Crippen molar-refractivity contribution in [1.82, 2.24) is 5.43 Å². The summed E-state index contributed by atoms with van der Waals surface area (Å²) in [6, 6.07) is 22.3. The van der Waals surface area contributed by atoms with E-state index in [-0.39, 0.29) is 5.56 Å². The molecule has 0 aliphatic rings. The average molecular weight is 342 g/mol. The highest BCUT2D eigenvalue weighted by molar-refractivity contribution is 5.68. The van der Waals surface area contributed by atoms with E-state index in [0.717, 1.165) is 17.3 Å². The van der Waals surface area contributed by atoms with Gasteiger partial charge in [-0.15, -0.1) is 0 Å². The largest absolute Gasteiger partial charge is 0.417 e. The van der Waals surface area contributed by atoms with Gasteiger partial charge in [0.2, 0.25) is 0 Å². The van der Waals surface area contributed by atoms with Crippen molar-refractivity contribution >= 4 is 5.69 Å². The Morgan fingerprint density at radius 1 is 0.720 bits per heavy atom. The summed E-state index contributed by atoms with van der Waals surface area (Å²) in [5, 5.41) is 0. The predicted octanol–water partition coefficient (Wildman–Crippen LogP) is 5.49. The lowest BCUT2D eigenvalue weighted by Gasteiger charge is -2.13. The Balaban J connectivity index is 1.69. The molecule has 0 spiro atoms. The van der Waals surface area contributed by atoms with Crippen LogP contribution in [-0.2, 0) is 12.7 Å². The van der Waals surface area contributed by atoms with Crippen LogP contribution in [0.25, 0.3) is 11.1 Å². The summed E-state index contributed by atoms with van der Waals surface area (Å²) in [6.45, 7) is 0.552. The van der Waals surface area contributed by atoms with Gasteiger partial charge in [-0.1, -0.05) is 60.7 Å². The summed E-state index contributed by atoms with van der Waals surface area (Å²) in [6.07, 6.45) is -4.36. The fourth-order valence-electron chi connectivity index (χ4n) is 2.55. The molecule has 0 amide bonds. The molecule has 3 aromatic rings. The lowest BCUT2D eigenvalue weighted by molar-refractivity contribution is -0.137. The van der Waals surface area contributed by atoms with Crippen molar-refractivity contribution in [2.45, 2.75) is 12.7 Å². The minimum atomic E-state index is -4.36. The Kier molecular flexibility index (Phi) is 5.05. The molecule has 0 atom stereocenters. The molecule has 0 aliphatic heterocycles. The Morgan fingerprint density at radius 2 is 1.36 bits per heavy atom. The molecule has 0 radical (unpaired) electrons. The number of rotatable bonds is 5. The number of nitrogens with one attached hydrogen (secondary N) is 2. The second kappa shape index (κ2) is 7.40. The van der Waals surface area contributed by atoms with Gasteiger partial charge in [0, 0.05) is 12.2 Å². The standard InChI is InChI=1S/C20H17F3N2/c21-20(22,23)19-9-5-4-8-18(19)16-12-10-15(11-13-16)14-24-25-17-6-2-1-3-7-17/h1-13,24-25H,14H2. The van der Waals surface area contributed by atoms with Crippen LogP contribution in [-0.4, -0.2) is 0 Å². The molecular weight excluding hydrogens is 325 g/mol. The predicted molar refractivity (Wildman–Crippen MR) is 93.8 cm³/mol. The third-order valence-electron chi connectivity index (χ3n) is 3.80. The van der Waals surface area contributed by atoms with Crippen molar-refractivity contribution in [2.24, 2.45) is 0 Å². The maximum atomic E-state index is 13.1. The minimum Gasteiger partial charge on any atom is -0.321 e. The molecule has 5 heteroatoms. The van der Waals surface area contributed by atoms with Crippen molar-refractivity contribution in [3.05, 3.63) is 90.0 Å². The van der Waals surface area contributed by atoms with E-state index in [1.807, 2.05) is 42.5 Å². The molecule has 0 saturated carbocycles. The molecular formula is C20H17F3N2. The highest BCUT2D eigenvalue weighted by Crippen LogP contribution is 2.36. The highest BCUT2D eigenvalue weighted by Gasteiger charge is 2.33. The quantitative estimate of drug-likeness (QED) is 0.599. The Hall–Kier alpha value is -2.79. The van der Waals surface area contributed by atoms with Gasteiger partial charge < -0.3 is 5.43 Å². The molecule has 0 bridgehead atoms. The normalized spacial score (nSPS) is 11.3. The zero-order valence-corrected chi connectivity index (χ0v) is 13.3. The monoisotopic (exact) mass is 342 g/mol. The molecule has 0 aromatic heterocycles. The van der Waals surface area contributed by atoms with E-state index in [4.69, 9.17) is 0 Å². The van der Waals surface area contributed by atoms with Gasteiger partial charge in [0.1, 0.15) is 0 Å². The number of benzene rings is 3. The first kappa shape index (κ1) is 17.0. The van der Waals surface area contributed by atoms with Gasteiger partial charge in [-0.05, 0) is 34.9 Å². The lowest BCUT2D eigenvalue weighted by Crippen LogP contribution is -2.20. The fourth-order valence-corrected chi connectivity index (χ4v) is 2.55. The number of alkyl halides is 3. The number of para-hydroxylation sites is 1. The molecule has 128 valence electrons. The third-order valence-corrected chi connectivity index (χ3v) is 3.80. The van der Waals surface area contributed by atoms with Crippen LogP contribution in [0.5, 0.6) is 0 Å². The number of hydrogen-bond acceptors (Lipinski definition) is 2. The van der Waals surface area contributed by atoms with E-state index in [0.29, 0.717) is 12.1 Å². The van der Waals surface area contributed by atoms with Gasteiger partial charge in [-0.3, -0.25) is 0 Å². The van der Waals surface area contributed by atoms with Crippen molar-refractivity contribution in [1.29, 1.82) is 0 Å². The molecule has 0 unspecified atom stereocenters. The van der Waals surface area contributed by atoms with E-state index in [9.17, 15) is 13.2 Å². The summed E-state index contributed by atoms with van der Waals surface area (Å²) < 4.78 is 39.4. The molecule has 0 aliphatic carbocycles. The third kappa shape index (κ3) is 4.39. The topological polar surface area (TPSA) is 24.1 Å². The zero-order valence-electron chi connectivity index (χ0n) is 13.3. The van der Waals surface area contributed by atoms with E-state index >= 15 is 0 Å². The summed E-state index contributed by atoms with van der Waals surface area (Å²) in [5.41, 5.74) is 8.19. The van der Waals surface area contributed by atoms with Gasteiger partial charge >= 0.3 is 6.18 Å². The van der Waals surface area contributed by atoms with Crippen LogP contribution in [0.2, 0.25) is 0 Å². The molecule has 2 N–H and O–H groups in total. The summed E-state index contributed by atoms with van der Waals surface area (Å²) >= 11 is 0. The van der Waals surface area contributed by atoms with Crippen LogP contribution in [0, 0.1) is 0 Å². The van der Waals surface area contributed by atoms with E-state index < -0.39 is 11.7 Å². The number of hydrazine groups is 1. The lowest BCUT2D eigenvalue weighted by atomic mass is 9.98. The molecule has 0 saturated heterocycles. The van der Waals surface area contributed by atoms with Crippen molar-refractivity contribution in [3.63, 3.8) is 0 Å². The maximum absolute atomic E-state index is 13.1. The molecule has 3 aromatic carbocycles. The number of hydrogen-bond donors (Lipinski definition) is 2. The summed E-state index contributed by atoms with van der Waals surface area (Å²) in [4.78, 5) is 0. The van der Waals surface area contributed by atoms with Crippen LogP contribution >= 0.6 is 0 Å². The molecule has 3 rings (SSSR count). The van der Waals surface area contributed by atoms with Crippen LogP contribution in [0.15, 0.2) is 78.9 Å². The van der Waals surface area contributed by atoms with Crippen LogP contribution in [0.3, 0.4) is 0 Å². The van der Waals surface area contributed by atoms with Crippen LogP contribution in [0.4, 0.5) is 18.9 Å². The van der Waals surface area contributed by atoms with Gasteiger partial charge in [0.05, 0.1) is 5.56 Å². The van der Waals surface area contributed by atoms with Crippen LogP contribution < -0.4 is 10.9 Å². The van der Waals surface area contributed by atoms with Crippen molar-refractivity contribution in [2.75, 3.05) is 5.43 Å². The van der Waals surface area contributed by atoms with Crippen LogP contribution in [0.1, 0.15) is 11.1 Å². The second-order valence-electron chi connectivity index (χ2n) is 5.58. The molecule has 0 heterocycles. The fraction of sp³-hybridized carbons (Fsp3) is 0.100. The zero-order chi connectivity index (χ0) is 17.7. The van der Waals surface area contributed by atoms with Crippen molar-refractivity contribution < 1.29 is 13.2 Å². The molecule has 25 heavy (non-hydrogen) atoms. The smallest absolute Gasteiger partial charge is 0.321 e. The number of anilines is 1. The number of halogens is 3. The summed E-state index contributed by atoms with van der Waals surface area (Å²) in [5.74, 6) is 0. The van der Waals surface area contributed by atoms with Gasteiger partial charge in [-0.25, -0.2) is 5.43 Å². The first-order valence-corrected chi connectivity index (χ1v) is 7.83. The first-order chi connectivity index (χ1) is 12.0. The van der Waals surface area contributed by atoms with Crippen molar-refractivity contribution in [3.8, 4) is 11.1 Å². The SMILES string of the molecule is FC(F)(F)c1ccccc1-c1ccc(CNNc2ccccc2)cc1. The highest BCUT2D eigenvalue weighted by atomic mass is 19.4. The Bertz CT molecular complexity index is 812. The molecule has 0 fully saturated rings. The van der Waals surface area contributed by atoms with Gasteiger partial charge in [0.15, 0.2) is 0 Å². The average Bonchev–Trinajstić information content (AvgIpc) is 2.63. The van der Waals surface area contributed by atoms with E-state index in [1.54, 1.807) is 18.2 Å². The first-order valence-electron chi connectivity index (χ1n) is 7.83. The van der Waals surface area contributed by atoms with Gasteiger partial charge in [-0.2, -0.15) is 13.2 Å². The second-order valence-corrected chi connectivity index (χ2v) is 5.58. The minimum absolute atomic E-state index is 0.192.